The van der Waals surface area contributed by atoms with E-state index >= 15 is 0 Å². The second kappa shape index (κ2) is 5.82. The lowest BCUT2D eigenvalue weighted by Crippen LogP contribution is -2.37. The zero-order valence-corrected chi connectivity index (χ0v) is 11.0. The highest BCUT2D eigenvalue weighted by atomic mass is 16.4. The second-order valence-corrected chi connectivity index (χ2v) is 4.67. The van der Waals surface area contributed by atoms with Gasteiger partial charge in [-0.05, 0) is 32.9 Å². The Balaban J connectivity index is 2.79. The number of aryl methyl sites for hydroxylation is 2. The lowest BCUT2D eigenvalue weighted by molar-refractivity contribution is -0.143. The Labute approximate surface area is 103 Å². The summed E-state index contributed by atoms with van der Waals surface area (Å²) in [5, 5.41) is 9.09. The number of carboxylic acids is 1. The van der Waals surface area contributed by atoms with E-state index in [-0.39, 0.29) is 0 Å². The standard InChI is InChI=1S/C14H21NO2/c1-5-13(14(16)17)15(4)9-12-7-10(2)6-11(3)8-12/h6-8,13H,5,9H2,1-4H3,(H,16,17). The van der Waals surface area contributed by atoms with E-state index in [1.807, 2.05) is 18.9 Å². The van der Waals surface area contributed by atoms with Crippen LogP contribution < -0.4 is 0 Å². The summed E-state index contributed by atoms with van der Waals surface area (Å²) in [5.74, 6) is -0.751. The topological polar surface area (TPSA) is 40.5 Å². The molecule has 1 aromatic carbocycles. The van der Waals surface area contributed by atoms with E-state index in [9.17, 15) is 4.79 Å². The van der Waals surface area contributed by atoms with Crippen LogP contribution in [0.15, 0.2) is 18.2 Å². The van der Waals surface area contributed by atoms with E-state index < -0.39 is 12.0 Å². The van der Waals surface area contributed by atoms with Gasteiger partial charge in [-0.1, -0.05) is 36.2 Å². The zero-order valence-electron chi connectivity index (χ0n) is 11.0. The molecule has 0 amide bonds. The van der Waals surface area contributed by atoms with Crippen LogP contribution in [-0.2, 0) is 11.3 Å². The molecular formula is C14H21NO2. The Morgan fingerprint density at radius 1 is 1.29 bits per heavy atom. The molecule has 0 aromatic heterocycles. The van der Waals surface area contributed by atoms with Crippen molar-refractivity contribution in [1.29, 1.82) is 0 Å². The minimum Gasteiger partial charge on any atom is -0.480 e. The summed E-state index contributed by atoms with van der Waals surface area (Å²) in [6.45, 7) is 6.69. The molecule has 0 heterocycles. The fraction of sp³-hybridized carbons (Fsp3) is 0.500. The fourth-order valence-electron chi connectivity index (χ4n) is 2.23. The molecule has 0 fully saturated rings. The molecule has 0 aliphatic heterocycles. The molecular weight excluding hydrogens is 214 g/mol. The smallest absolute Gasteiger partial charge is 0.320 e. The number of hydrogen-bond acceptors (Lipinski definition) is 2. The van der Waals surface area contributed by atoms with E-state index in [1.54, 1.807) is 0 Å². The summed E-state index contributed by atoms with van der Waals surface area (Å²) in [4.78, 5) is 12.9. The molecule has 0 aliphatic carbocycles. The summed E-state index contributed by atoms with van der Waals surface area (Å²) >= 11 is 0. The first-order valence-electron chi connectivity index (χ1n) is 5.94. The lowest BCUT2D eigenvalue weighted by atomic mass is 10.1. The van der Waals surface area contributed by atoms with Crippen molar-refractivity contribution < 1.29 is 9.90 Å². The Kier molecular flexibility index (Phi) is 4.70. The van der Waals surface area contributed by atoms with Crippen LogP contribution >= 0.6 is 0 Å². The molecule has 1 aromatic rings. The van der Waals surface area contributed by atoms with Crippen LogP contribution in [0.25, 0.3) is 0 Å². The minimum atomic E-state index is -0.751. The van der Waals surface area contributed by atoms with Crippen LogP contribution in [0.5, 0.6) is 0 Å². The zero-order chi connectivity index (χ0) is 13.0. The summed E-state index contributed by atoms with van der Waals surface area (Å²) < 4.78 is 0. The van der Waals surface area contributed by atoms with Crippen molar-refractivity contribution in [3.05, 3.63) is 34.9 Å². The van der Waals surface area contributed by atoms with Gasteiger partial charge in [-0.3, -0.25) is 9.69 Å². The molecule has 0 spiro atoms. The normalized spacial score (nSPS) is 12.8. The summed E-state index contributed by atoms with van der Waals surface area (Å²) in [6.07, 6.45) is 0.622. The molecule has 0 radical (unpaired) electrons. The van der Waals surface area contributed by atoms with Gasteiger partial charge in [0.1, 0.15) is 6.04 Å². The van der Waals surface area contributed by atoms with E-state index in [0.717, 1.165) is 0 Å². The van der Waals surface area contributed by atoms with E-state index in [2.05, 4.69) is 32.0 Å². The summed E-state index contributed by atoms with van der Waals surface area (Å²) in [5.41, 5.74) is 3.61. The van der Waals surface area contributed by atoms with Crippen molar-refractivity contribution in [1.82, 2.24) is 4.90 Å². The van der Waals surface area contributed by atoms with Crippen molar-refractivity contribution >= 4 is 5.97 Å². The molecule has 0 bridgehead atoms. The molecule has 17 heavy (non-hydrogen) atoms. The van der Waals surface area contributed by atoms with Crippen LogP contribution in [0.1, 0.15) is 30.0 Å². The number of rotatable bonds is 5. The molecule has 3 heteroatoms. The van der Waals surface area contributed by atoms with Gasteiger partial charge in [0.15, 0.2) is 0 Å². The van der Waals surface area contributed by atoms with Gasteiger partial charge in [0.05, 0.1) is 0 Å². The maximum Gasteiger partial charge on any atom is 0.320 e. The van der Waals surface area contributed by atoms with Crippen LogP contribution in [0.2, 0.25) is 0 Å². The highest BCUT2D eigenvalue weighted by molar-refractivity contribution is 5.73. The monoisotopic (exact) mass is 235 g/mol. The number of nitrogens with zero attached hydrogens (tertiary/aromatic N) is 1. The van der Waals surface area contributed by atoms with Gasteiger partial charge in [-0.2, -0.15) is 0 Å². The maximum atomic E-state index is 11.1. The van der Waals surface area contributed by atoms with Gasteiger partial charge in [-0.15, -0.1) is 0 Å². The Hall–Kier alpha value is -1.35. The van der Waals surface area contributed by atoms with Crippen LogP contribution in [0.4, 0.5) is 0 Å². The highest BCUT2D eigenvalue weighted by Gasteiger charge is 2.20. The molecule has 94 valence electrons. The predicted molar refractivity (Wildman–Crippen MR) is 69.1 cm³/mol. The van der Waals surface area contributed by atoms with E-state index in [1.165, 1.54) is 16.7 Å². The van der Waals surface area contributed by atoms with Crippen LogP contribution in [0.3, 0.4) is 0 Å². The third kappa shape index (κ3) is 3.86. The van der Waals surface area contributed by atoms with Crippen molar-refractivity contribution in [2.45, 2.75) is 39.8 Å². The summed E-state index contributed by atoms with van der Waals surface area (Å²) in [6, 6.07) is 5.93. The maximum absolute atomic E-state index is 11.1. The SMILES string of the molecule is CCC(C(=O)O)N(C)Cc1cc(C)cc(C)c1. The largest absolute Gasteiger partial charge is 0.480 e. The molecule has 0 aliphatic rings. The molecule has 1 rings (SSSR count). The van der Waals surface area contributed by atoms with Gasteiger partial charge < -0.3 is 5.11 Å². The number of carbonyl (C=O) groups is 1. The van der Waals surface area contributed by atoms with Crippen LogP contribution in [-0.4, -0.2) is 29.1 Å². The fourth-order valence-corrected chi connectivity index (χ4v) is 2.23. The first-order valence-corrected chi connectivity index (χ1v) is 5.94. The Morgan fingerprint density at radius 3 is 2.24 bits per heavy atom. The summed E-state index contributed by atoms with van der Waals surface area (Å²) in [7, 11) is 1.86. The quantitative estimate of drug-likeness (QED) is 0.852. The Bertz CT molecular complexity index is 381. The number of hydrogen-bond donors (Lipinski definition) is 1. The molecule has 1 unspecified atom stereocenters. The average molecular weight is 235 g/mol. The number of benzene rings is 1. The van der Waals surface area contributed by atoms with Crippen LogP contribution in [0, 0.1) is 13.8 Å². The third-order valence-corrected chi connectivity index (χ3v) is 2.92. The molecule has 0 saturated heterocycles. The molecule has 1 N–H and O–H groups in total. The van der Waals surface area contributed by atoms with E-state index in [4.69, 9.17) is 5.11 Å². The second-order valence-electron chi connectivity index (χ2n) is 4.67. The molecule has 3 nitrogen and oxygen atoms in total. The van der Waals surface area contributed by atoms with Crippen molar-refractivity contribution in [2.24, 2.45) is 0 Å². The molecule has 0 saturated carbocycles. The average Bonchev–Trinajstić information content (AvgIpc) is 2.15. The first-order chi connectivity index (χ1) is 7.93. The van der Waals surface area contributed by atoms with Gasteiger partial charge in [-0.25, -0.2) is 0 Å². The lowest BCUT2D eigenvalue weighted by Gasteiger charge is -2.23. The highest BCUT2D eigenvalue weighted by Crippen LogP contribution is 2.13. The van der Waals surface area contributed by atoms with Gasteiger partial charge in [0.2, 0.25) is 0 Å². The molecule has 1 atom stereocenters. The van der Waals surface area contributed by atoms with Gasteiger partial charge >= 0.3 is 5.97 Å². The van der Waals surface area contributed by atoms with Gasteiger partial charge in [0, 0.05) is 6.54 Å². The number of aliphatic carboxylic acids is 1. The van der Waals surface area contributed by atoms with Crippen molar-refractivity contribution in [3.63, 3.8) is 0 Å². The number of likely N-dealkylation sites (N-methyl/N-ethyl adjacent to an activating group) is 1. The van der Waals surface area contributed by atoms with Crippen molar-refractivity contribution in [2.75, 3.05) is 7.05 Å². The first kappa shape index (κ1) is 13.7. The predicted octanol–water partition coefficient (Wildman–Crippen LogP) is 2.60. The van der Waals surface area contributed by atoms with E-state index in [0.29, 0.717) is 13.0 Å². The number of carboxylic acid groups (broad SMARTS) is 1. The minimum absolute atomic E-state index is 0.407. The third-order valence-electron chi connectivity index (χ3n) is 2.92. The Morgan fingerprint density at radius 2 is 1.82 bits per heavy atom. The van der Waals surface area contributed by atoms with Crippen molar-refractivity contribution in [3.8, 4) is 0 Å². The van der Waals surface area contributed by atoms with Gasteiger partial charge in [0.25, 0.3) is 0 Å².